The van der Waals surface area contributed by atoms with Crippen LogP contribution in [0.2, 0.25) is 0 Å². The molecular formula is C29H30BrNO3. The van der Waals surface area contributed by atoms with Crippen molar-refractivity contribution in [1.82, 2.24) is 4.90 Å². The number of Topliss-reactive ketones (excluding diaryl/α,β-unsaturated/α-hetero) is 1. The monoisotopic (exact) mass is 519 g/mol. The zero-order chi connectivity index (χ0) is 24.3. The van der Waals surface area contributed by atoms with Crippen LogP contribution < -0.4 is 0 Å². The minimum atomic E-state index is -1.28. The summed E-state index contributed by atoms with van der Waals surface area (Å²) in [6, 6.07) is 19.7. The van der Waals surface area contributed by atoms with E-state index in [0.717, 1.165) is 48.0 Å². The number of hydrogen-bond donors (Lipinski definition) is 0. The number of amides is 2. The van der Waals surface area contributed by atoms with Gasteiger partial charge in [0.25, 0.3) is 0 Å². The van der Waals surface area contributed by atoms with E-state index >= 15 is 0 Å². The first-order valence-electron chi connectivity index (χ1n) is 12.2. The predicted molar refractivity (Wildman–Crippen MR) is 137 cm³/mol. The predicted octanol–water partition coefficient (Wildman–Crippen LogP) is 5.91. The van der Waals surface area contributed by atoms with E-state index in [1.54, 1.807) is 0 Å². The molecule has 0 N–H and O–H groups in total. The molecule has 1 heterocycles. The second-order valence-corrected chi connectivity index (χ2v) is 11.4. The van der Waals surface area contributed by atoms with Gasteiger partial charge in [0.15, 0.2) is 5.78 Å². The Hall–Kier alpha value is -2.53. The van der Waals surface area contributed by atoms with Gasteiger partial charge in [0.05, 0.1) is 16.7 Å². The largest absolute Gasteiger partial charge is 0.298 e. The maximum atomic E-state index is 14.3. The molecule has 0 radical (unpaired) electrons. The van der Waals surface area contributed by atoms with Crippen LogP contribution in [-0.4, -0.2) is 33.4 Å². The van der Waals surface area contributed by atoms with E-state index < -0.39 is 21.1 Å². The average molecular weight is 520 g/mol. The number of alkyl halides is 1. The van der Waals surface area contributed by atoms with Gasteiger partial charge in [0, 0.05) is 6.54 Å². The molecule has 2 aromatic rings. The molecule has 0 spiro atoms. The number of allylic oxidation sites excluding steroid dienone is 2. The Bertz CT molecular complexity index is 1210. The highest BCUT2D eigenvalue weighted by molar-refractivity contribution is 9.10. The number of hydrogen-bond acceptors (Lipinski definition) is 3. The number of carbonyl (C=O) groups excluding carboxylic acids is 3. The maximum absolute atomic E-state index is 14.3. The fourth-order valence-electron chi connectivity index (χ4n) is 6.77. The first kappa shape index (κ1) is 23.2. The normalized spacial score (nSPS) is 32.2. The minimum Gasteiger partial charge on any atom is -0.298 e. The van der Waals surface area contributed by atoms with E-state index in [1.807, 2.05) is 74.5 Å². The molecule has 2 aliphatic carbocycles. The van der Waals surface area contributed by atoms with Crippen LogP contribution in [0.25, 0.3) is 11.1 Å². The van der Waals surface area contributed by atoms with E-state index in [9.17, 15) is 14.4 Å². The minimum absolute atomic E-state index is 0.0492. The molecule has 2 bridgehead atoms. The Kier molecular flexibility index (Phi) is 5.47. The molecule has 4 unspecified atom stereocenters. The van der Waals surface area contributed by atoms with Crippen molar-refractivity contribution in [3.63, 3.8) is 0 Å². The average Bonchev–Trinajstić information content (AvgIpc) is 3.23. The lowest BCUT2D eigenvalue weighted by Gasteiger charge is -2.41. The van der Waals surface area contributed by atoms with Crippen molar-refractivity contribution in [1.29, 1.82) is 0 Å². The van der Waals surface area contributed by atoms with Crippen LogP contribution in [0.1, 0.15) is 57.6 Å². The standard InChI is InChI=1S/C29H30BrNO3/c1-4-5-6-13-18-31-24(32)23-27(2)21(19-14-9-7-10-15-19)22(20-16-11-8-12-17-20)28(3,25(27)33)29(23,30)26(31)34/h7-12,14-17,23H,4-6,13,18H2,1-3H3. The van der Waals surface area contributed by atoms with Crippen molar-refractivity contribution >= 4 is 44.7 Å². The SMILES string of the molecule is CCCCCCN1C(=O)C2C3(C)C(=O)C(C)(C(c4ccccc4)=C3c3ccccc3)C2(Br)C1=O. The van der Waals surface area contributed by atoms with Gasteiger partial charge in [-0.1, -0.05) is 103 Å². The van der Waals surface area contributed by atoms with Crippen LogP contribution in [0.3, 0.4) is 0 Å². The number of nitrogens with zero attached hydrogens (tertiary/aromatic N) is 1. The van der Waals surface area contributed by atoms with Gasteiger partial charge >= 0.3 is 0 Å². The quantitative estimate of drug-likeness (QED) is 0.259. The summed E-state index contributed by atoms with van der Waals surface area (Å²) < 4.78 is -1.28. The number of halogens is 1. The van der Waals surface area contributed by atoms with Gasteiger partial charge in [-0.15, -0.1) is 0 Å². The molecule has 2 aromatic carbocycles. The summed E-state index contributed by atoms with van der Waals surface area (Å²) in [7, 11) is 0. The van der Waals surface area contributed by atoms with Crippen molar-refractivity contribution in [3.05, 3.63) is 71.8 Å². The van der Waals surface area contributed by atoms with Gasteiger partial charge in [-0.05, 0) is 42.5 Å². The van der Waals surface area contributed by atoms with Gasteiger partial charge < -0.3 is 0 Å². The third-order valence-corrected chi connectivity index (χ3v) is 9.92. The number of carbonyl (C=O) groups is 3. The van der Waals surface area contributed by atoms with Crippen LogP contribution in [0.5, 0.6) is 0 Å². The van der Waals surface area contributed by atoms with E-state index in [2.05, 4.69) is 22.9 Å². The summed E-state index contributed by atoms with van der Waals surface area (Å²) in [4.78, 5) is 43.6. The second-order valence-electron chi connectivity index (χ2n) is 10.1. The molecule has 2 amide bonds. The molecule has 1 saturated carbocycles. The van der Waals surface area contributed by atoms with E-state index in [-0.39, 0.29) is 17.6 Å². The lowest BCUT2D eigenvalue weighted by Crippen LogP contribution is -2.50. The first-order chi connectivity index (χ1) is 16.3. The molecular weight excluding hydrogens is 490 g/mol. The molecule has 5 rings (SSSR count). The fourth-order valence-corrected chi connectivity index (χ4v) is 8.01. The number of unbranched alkanes of at least 4 members (excludes halogenated alkanes) is 3. The second kappa shape index (κ2) is 8.01. The van der Waals surface area contributed by atoms with Crippen molar-refractivity contribution in [2.75, 3.05) is 6.54 Å². The molecule has 4 atom stereocenters. The Morgan fingerprint density at radius 2 is 1.38 bits per heavy atom. The lowest BCUT2D eigenvalue weighted by atomic mass is 9.63. The van der Waals surface area contributed by atoms with E-state index in [0.29, 0.717) is 6.54 Å². The number of fused-ring (bicyclic) bond motifs is 5. The topological polar surface area (TPSA) is 54.5 Å². The van der Waals surface area contributed by atoms with Gasteiger partial charge in [-0.25, -0.2) is 0 Å². The first-order valence-corrected chi connectivity index (χ1v) is 13.0. The summed E-state index contributed by atoms with van der Waals surface area (Å²) in [6.45, 7) is 6.29. The summed E-state index contributed by atoms with van der Waals surface area (Å²) in [5.41, 5.74) is 1.31. The summed E-state index contributed by atoms with van der Waals surface area (Å²) in [5.74, 6) is -1.30. The van der Waals surface area contributed by atoms with Gasteiger partial charge in [0.1, 0.15) is 4.32 Å². The summed E-state index contributed by atoms with van der Waals surface area (Å²) >= 11 is 3.80. The van der Waals surface area contributed by atoms with Crippen LogP contribution in [0.4, 0.5) is 0 Å². The third kappa shape index (κ3) is 2.68. The molecule has 0 aromatic heterocycles. The zero-order valence-corrected chi connectivity index (χ0v) is 21.5. The van der Waals surface area contributed by atoms with Crippen molar-refractivity contribution < 1.29 is 14.4 Å². The molecule has 5 heteroatoms. The Balaban J connectivity index is 1.73. The third-order valence-electron chi connectivity index (χ3n) is 8.33. The molecule has 176 valence electrons. The summed E-state index contributed by atoms with van der Waals surface area (Å²) in [6.07, 6.45) is 3.92. The molecule has 3 aliphatic rings. The highest BCUT2D eigenvalue weighted by Gasteiger charge is 2.85. The van der Waals surface area contributed by atoms with Gasteiger partial charge in [0.2, 0.25) is 11.8 Å². The van der Waals surface area contributed by atoms with Gasteiger partial charge in [-0.3, -0.25) is 19.3 Å². The number of benzene rings is 2. The highest BCUT2D eigenvalue weighted by atomic mass is 79.9. The molecule has 1 saturated heterocycles. The van der Waals surface area contributed by atoms with Gasteiger partial charge in [-0.2, -0.15) is 0 Å². The van der Waals surface area contributed by atoms with Crippen molar-refractivity contribution in [3.8, 4) is 0 Å². The van der Waals surface area contributed by atoms with Crippen LogP contribution >= 0.6 is 15.9 Å². The maximum Gasteiger partial charge on any atom is 0.248 e. The lowest BCUT2D eigenvalue weighted by molar-refractivity contribution is -0.144. The molecule has 4 nitrogen and oxygen atoms in total. The smallest absolute Gasteiger partial charge is 0.248 e. The zero-order valence-electron chi connectivity index (χ0n) is 19.9. The Morgan fingerprint density at radius 1 is 0.824 bits per heavy atom. The highest BCUT2D eigenvalue weighted by Crippen LogP contribution is 2.77. The van der Waals surface area contributed by atoms with Crippen LogP contribution in [-0.2, 0) is 14.4 Å². The van der Waals surface area contributed by atoms with Crippen molar-refractivity contribution in [2.45, 2.75) is 50.8 Å². The number of likely N-dealkylation sites (tertiary alicyclic amines) is 1. The van der Waals surface area contributed by atoms with E-state index in [1.165, 1.54) is 4.90 Å². The Labute approximate surface area is 209 Å². The van der Waals surface area contributed by atoms with Crippen molar-refractivity contribution in [2.24, 2.45) is 16.7 Å². The molecule has 1 aliphatic heterocycles. The number of imide groups is 1. The summed E-state index contributed by atoms with van der Waals surface area (Å²) in [5, 5.41) is 0. The van der Waals surface area contributed by atoms with Crippen LogP contribution in [0.15, 0.2) is 60.7 Å². The molecule has 2 fully saturated rings. The van der Waals surface area contributed by atoms with E-state index in [4.69, 9.17) is 0 Å². The molecule has 34 heavy (non-hydrogen) atoms. The van der Waals surface area contributed by atoms with Crippen LogP contribution in [0, 0.1) is 16.7 Å². The number of rotatable bonds is 7. The number of ketones is 1. The Morgan fingerprint density at radius 3 is 1.94 bits per heavy atom. The fraction of sp³-hybridized carbons (Fsp3) is 0.414.